The van der Waals surface area contributed by atoms with Gasteiger partial charge in [-0.25, -0.2) is 0 Å². The van der Waals surface area contributed by atoms with Crippen LogP contribution in [0.2, 0.25) is 0 Å². The van der Waals surface area contributed by atoms with Gasteiger partial charge in [-0.2, -0.15) is 5.10 Å². The van der Waals surface area contributed by atoms with Crippen molar-refractivity contribution >= 4 is 12.4 Å². The number of nitrogens with zero attached hydrogens (tertiary/aromatic N) is 4. The highest BCUT2D eigenvalue weighted by atomic mass is 35.5. The Bertz CT molecular complexity index is 764. The van der Waals surface area contributed by atoms with Gasteiger partial charge < -0.3 is 5.32 Å². The van der Waals surface area contributed by atoms with E-state index in [4.69, 9.17) is 5.10 Å². The molecular weight excluding hydrogens is 370 g/mol. The molecule has 0 aliphatic carbocycles. The number of rotatable bonds is 5. The third-order valence-electron chi connectivity index (χ3n) is 6.28. The number of piperazine rings is 1. The number of benzene rings is 1. The molecule has 0 spiro atoms. The summed E-state index contributed by atoms with van der Waals surface area (Å²) in [5.41, 5.74) is 6.55. The van der Waals surface area contributed by atoms with Crippen molar-refractivity contribution in [2.45, 2.75) is 46.3 Å². The van der Waals surface area contributed by atoms with Crippen LogP contribution in [0.1, 0.15) is 34.5 Å². The van der Waals surface area contributed by atoms with Crippen molar-refractivity contribution in [1.82, 2.24) is 24.9 Å². The zero-order valence-corrected chi connectivity index (χ0v) is 18.3. The monoisotopic (exact) mass is 403 g/mol. The van der Waals surface area contributed by atoms with Crippen LogP contribution in [0.5, 0.6) is 0 Å². The lowest BCUT2D eigenvalue weighted by Crippen LogP contribution is -2.49. The van der Waals surface area contributed by atoms with Gasteiger partial charge in [-0.15, -0.1) is 12.4 Å². The molecule has 1 N–H and O–H groups in total. The summed E-state index contributed by atoms with van der Waals surface area (Å²) in [6.45, 7) is 15.5. The van der Waals surface area contributed by atoms with E-state index in [1.165, 1.54) is 60.7 Å². The predicted molar refractivity (Wildman–Crippen MR) is 117 cm³/mol. The molecule has 2 aliphatic heterocycles. The third kappa shape index (κ3) is 4.77. The van der Waals surface area contributed by atoms with E-state index in [9.17, 15) is 0 Å². The molecule has 1 atom stereocenters. The zero-order valence-electron chi connectivity index (χ0n) is 17.4. The maximum atomic E-state index is 4.85. The highest BCUT2D eigenvalue weighted by molar-refractivity contribution is 5.85. The molecule has 6 heteroatoms. The second-order valence-corrected chi connectivity index (χ2v) is 8.26. The van der Waals surface area contributed by atoms with Gasteiger partial charge in [0.25, 0.3) is 0 Å². The Balaban J connectivity index is 0.00000225. The molecule has 0 radical (unpaired) electrons. The summed E-state index contributed by atoms with van der Waals surface area (Å²) in [7, 11) is 0. The summed E-state index contributed by atoms with van der Waals surface area (Å²) in [5, 5.41) is 8.31. The van der Waals surface area contributed by atoms with Gasteiger partial charge in [-0.05, 0) is 32.8 Å². The normalized spacial score (nSPS) is 21.0. The van der Waals surface area contributed by atoms with E-state index in [0.717, 1.165) is 32.2 Å². The van der Waals surface area contributed by atoms with Crippen molar-refractivity contribution in [3.63, 3.8) is 0 Å². The Morgan fingerprint density at radius 2 is 1.71 bits per heavy atom. The van der Waals surface area contributed by atoms with Crippen molar-refractivity contribution < 1.29 is 0 Å². The highest BCUT2D eigenvalue weighted by Crippen LogP contribution is 2.22. The third-order valence-corrected chi connectivity index (χ3v) is 6.28. The number of hydrogen-bond acceptors (Lipinski definition) is 4. The van der Waals surface area contributed by atoms with Gasteiger partial charge >= 0.3 is 0 Å². The first kappa shape index (κ1) is 21.3. The Labute approximate surface area is 175 Å². The molecule has 2 fully saturated rings. The Kier molecular flexibility index (Phi) is 7.15. The van der Waals surface area contributed by atoms with Crippen LogP contribution in [0.3, 0.4) is 0 Å². The molecule has 4 rings (SSSR count). The predicted octanol–water partition coefficient (Wildman–Crippen LogP) is 2.76. The lowest BCUT2D eigenvalue weighted by molar-refractivity contribution is 0.170. The smallest absolute Gasteiger partial charge is 0.0662 e. The van der Waals surface area contributed by atoms with Crippen molar-refractivity contribution in [2.75, 3.05) is 39.3 Å². The summed E-state index contributed by atoms with van der Waals surface area (Å²) in [6.07, 6.45) is 1.30. The number of hydrogen-bond donors (Lipinski definition) is 1. The number of likely N-dealkylation sites (tertiary alicyclic amines) is 1. The van der Waals surface area contributed by atoms with Gasteiger partial charge in [0, 0.05) is 63.1 Å². The van der Waals surface area contributed by atoms with Crippen LogP contribution in [0, 0.1) is 20.8 Å². The van der Waals surface area contributed by atoms with Crippen LogP contribution in [0.4, 0.5) is 0 Å². The lowest BCUT2D eigenvalue weighted by Gasteiger charge is -2.32. The molecule has 0 saturated carbocycles. The van der Waals surface area contributed by atoms with Crippen LogP contribution >= 0.6 is 12.4 Å². The van der Waals surface area contributed by atoms with Crippen molar-refractivity contribution in [1.29, 1.82) is 0 Å². The molecule has 1 unspecified atom stereocenters. The molecule has 1 aromatic carbocycles. The molecule has 0 amide bonds. The van der Waals surface area contributed by atoms with E-state index >= 15 is 0 Å². The topological polar surface area (TPSA) is 36.3 Å². The fraction of sp³-hybridized carbons (Fsp3) is 0.591. The van der Waals surface area contributed by atoms with Gasteiger partial charge in [-0.1, -0.05) is 29.8 Å². The summed E-state index contributed by atoms with van der Waals surface area (Å²) < 4.78 is 2.18. The van der Waals surface area contributed by atoms with Crippen LogP contribution in [-0.2, 0) is 13.1 Å². The van der Waals surface area contributed by atoms with Gasteiger partial charge in [0.1, 0.15) is 0 Å². The Morgan fingerprint density at radius 3 is 2.43 bits per heavy atom. The molecule has 2 saturated heterocycles. The standard InChI is InChI=1S/C22H33N5.ClH/c1-17-4-6-20(7-5-17)14-27-19(3)22(18(2)24-27)16-25-11-8-21(15-25)26-12-9-23-10-13-26;/h4-7,21,23H,8-16H2,1-3H3;1H. The van der Waals surface area contributed by atoms with Crippen molar-refractivity contribution in [2.24, 2.45) is 0 Å². The molecule has 28 heavy (non-hydrogen) atoms. The molecule has 0 bridgehead atoms. The maximum absolute atomic E-state index is 4.85. The second-order valence-electron chi connectivity index (χ2n) is 8.26. The SMILES string of the molecule is Cc1ccc(Cn2nc(C)c(CN3CCC(N4CCNCC4)C3)c2C)cc1.Cl. The van der Waals surface area contributed by atoms with Gasteiger partial charge in [-0.3, -0.25) is 14.5 Å². The molecule has 154 valence electrons. The molecule has 5 nitrogen and oxygen atoms in total. The molecule has 1 aromatic heterocycles. The number of aryl methyl sites for hydroxylation is 2. The quantitative estimate of drug-likeness (QED) is 0.832. The first-order valence-electron chi connectivity index (χ1n) is 10.4. The van der Waals surface area contributed by atoms with Gasteiger partial charge in [0.05, 0.1) is 12.2 Å². The molecule has 2 aromatic rings. The van der Waals surface area contributed by atoms with Crippen LogP contribution in [0.25, 0.3) is 0 Å². The average molecular weight is 404 g/mol. The minimum atomic E-state index is 0. The van der Waals surface area contributed by atoms with E-state index in [-0.39, 0.29) is 12.4 Å². The number of aromatic nitrogens is 2. The summed E-state index contributed by atoms with van der Waals surface area (Å²) >= 11 is 0. The summed E-state index contributed by atoms with van der Waals surface area (Å²) in [6, 6.07) is 9.52. The van der Waals surface area contributed by atoms with Gasteiger partial charge in [0.2, 0.25) is 0 Å². The van der Waals surface area contributed by atoms with Gasteiger partial charge in [0.15, 0.2) is 0 Å². The van der Waals surface area contributed by atoms with E-state index in [0.29, 0.717) is 0 Å². The number of halogens is 1. The first-order chi connectivity index (χ1) is 13.1. The largest absolute Gasteiger partial charge is 0.314 e. The molecule has 3 heterocycles. The minimum Gasteiger partial charge on any atom is -0.314 e. The highest BCUT2D eigenvalue weighted by Gasteiger charge is 2.29. The summed E-state index contributed by atoms with van der Waals surface area (Å²) in [4.78, 5) is 5.30. The average Bonchev–Trinajstić information content (AvgIpc) is 3.25. The van der Waals surface area contributed by atoms with E-state index in [1.807, 2.05) is 0 Å². The zero-order chi connectivity index (χ0) is 18.8. The minimum absolute atomic E-state index is 0. The van der Waals surface area contributed by atoms with Crippen LogP contribution in [0.15, 0.2) is 24.3 Å². The molecule has 2 aliphatic rings. The summed E-state index contributed by atoms with van der Waals surface area (Å²) in [5.74, 6) is 0. The maximum Gasteiger partial charge on any atom is 0.0662 e. The van der Waals surface area contributed by atoms with E-state index in [2.05, 4.69) is 64.8 Å². The lowest BCUT2D eigenvalue weighted by atomic mass is 10.1. The molecular formula is C22H34ClN5. The van der Waals surface area contributed by atoms with E-state index < -0.39 is 0 Å². The van der Waals surface area contributed by atoms with Crippen LogP contribution in [-0.4, -0.2) is 64.9 Å². The fourth-order valence-electron chi connectivity index (χ4n) is 4.51. The Morgan fingerprint density at radius 1 is 1.00 bits per heavy atom. The number of nitrogens with one attached hydrogen (secondary N) is 1. The van der Waals surface area contributed by atoms with Crippen molar-refractivity contribution in [3.8, 4) is 0 Å². The van der Waals surface area contributed by atoms with E-state index in [1.54, 1.807) is 0 Å². The van der Waals surface area contributed by atoms with Crippen LogP contribution < -0.4 is 5.32 Å². The second kappa shape index (κ2) is 9.40. The van der Waals surface area contributed by atoms with Crippen molar-refractivity contribution in [3.05, 3.63) is 52.3 Å². The fourth-order valence-corrected chi connectivity index (χ4v) is 4.51. The Hall–Kier alpha value is -1.40. The first-order valence-corrected chi connectivity index (χ1v) is 10.4.